The average Bonchev–Trinajstić information content (AvgIpc) is 2.96. The van der Waals surface area contributed by atoms with Crippen LogP contribution in [0.4, 0.5) is 0 Å². The molecular weight excluding hydrogens is 170 g/mol. The molecule has 0 bridgehead atoms. The van der Waals surface area contributed by atoms with Crippen LogP contribution in [-0.4, -0.2) is 0 Å². The second kappa shape index (κ2) is 3.46. The molecule has 0 saturated heterocycles. The van der Waals surface area contributed by atoms with Crippen LogP contribution >= 0.6 is 0 Å². The molecule has 0 amide bonds. The molecular formula is C13H15N. The Morgan fingerprint density at radius 2 is 2.29 bits per heavy atom. The number of aryl methyl sites for hydroxylation is 1. The van der Waals surface area contributed by atoms with E-state index < -0.39 is 0 Å². The summed E-state index contributed by atoms with van der Waals surface area (Å²) >= 11 is 0. The van der Waals surface area contributed by atoms with E-state index in [1.54, 1.807) is 0 Å². The van der Waals surface area contributed by atoms with Crippen LogP contribution in [0.1, 0.15) is 42.4 Å². The van der Waals surface area contributed by atoms with Crippen LogP contribution in [0, 0.1) is 24.2 Å². The van der Waals surface area contributed by atoms with Gasteiger partial charge in [0.1, 0.15) is 0 Å². The van der Waals surface area contributed by atoms with E-state index >= 15 is 0 Å². The Hall–Kier alpha value is -1.29. The topological polar surface area (TPSA) is 23.8 Å². The van der Waals surface area contributed by atoms with Crippen LogP contribution in [0.25, 0.3) is 0 Å². The van der Waals surface area contributed by atoms with E-state index in [9.17, 15) is 0 Å². The minimum Gasteiger partial charge on any atom is -0.192 e. The van der Waals surface area contributed by atoms with E-state index in [1.807, 2.05) is 13.0 Å². The maximum absolute atomic E-state index is 8.81. The monoisotopic (exact) mass is 185 g/mol. The first-order valence-corrected chi connectivity index (χ1v) is 5.27. The van der Waals surface area contributed by atoms with Gasteiger partial charge in [-0.05, 0) is 42.4 Å². The lowest BCUT2D eigenvalue weighted by Gasteiger charge is -2.02. The molecule has 1 saturated carbocycles. The molecule has 1 nitrogen and oxygen atoms in total. The molecule has 0 N–H and O–H groups in total. The third-order valence-electron chi connectivity index (χ3n) is 3.25. The zero-order valence-electron chi connectivity index (χ0n) is 8.75. The van der Waals surface area contributed by atoms with Crippen LogP contribution in [0.2, 0.25) is 0 Å². The van der Waals surface area contributed by atoms with Gasteiger partial charge in [0.05, 0.1) is 11.6 Å². The average molecular weight is 185 g/mol. The van der Waals surface area contributed by atoms with Gasteiger partial charge >= 0.3 is 0 Å². The first-order valence-electron chi connectivity index (χ1n) is 5.27. The highest BCUT2D eigenvalue weighted by atomic mass is 14.4. The Labute approximate surface area is 85.4 Å². The van der Waals surface area contributed by atoms with Crippen molar-refractivity contribution in [2.75, 3.05) is 0 Å². The quantitative estimate of drug-likeness (QED) is 0.693. The minimum absolute atomic E-state index is 0.770. The summed E-state index contributed by atoms with van der Waals surface area (Å²) in [6.45, 7) is 4.27. The van der Waals surface area contributed by atoms with Crippen molar-refractivity contribution in [1.29, 1.82) is 5.26 Å². The Bertz CT molecular complexity index is 387. The van der Waals surface area contributed by atoms with E-state index in [0.29, 0.717) is 0 Å². The first kappa shape index (κ1) is 9.27. The van der Waals surface area contributed by atoms with Gasteiger partial charge in [0.15, 0.2) is 0 Å². The van der Waals surface area contributed by atoms with Gasteiger partial charge in [-0.15, -0.1) is 0 Å². The fraction of sp³-hybridized carbons (Fsp3) is 0.462. The highest BCUT2D eigenvalue weighted by Gasteiger charge is 2.36. The summed E-state index contributed by atoms with van der Waals surface area (Å²) in [6.07, 6.45) is 2.62. The van der Waals surface area contributed by atoms with Crippen molar-refractivity contribution in [2.24, 2.45) is 5.92 Å². The van der Waals surface area contributed by atoms with E-state index in [0.717, 1.165) is 23.0 Å². The Morgan fingerprint density at radius 3 is 2.79 bits per heavy atom. The summed E-state index contributed by atoms with van der Waals surface area (Å²) in [6, 6.07) is 8.46. The second-order valence-corrected chi connectivity index (χ2v) is 4.20. The smallest absolute Gasteiger partial charge is 0.0994 e. The predicted octanol–water partition coefficient (Wildman–Crippen LogP) is 3.38. The van der Waals surface area contributed by atoms with Crippen molar-refractivity contribution in [1.82, 2.24) is 0 Å². The van der Waals surface area contributed by atoms with Crippen molar-refractivity contribution in [3.8, 4) is 6.07 Å². The lowest BCUT2D eigenvalue weighted by atomic mass is 10.0. The largest absolute Gasteiger partial charge is 0.192 e. The van der Waals surface area contributed by atoms with Gasteiger partial charge in [0.2, 0.25) is 0 Å². The standard InChI is InChI=1S/C13H15N/c1-3-10-7-13(10)11-4-5-12(8-14)9(2)6-11/h4-6,10,13H,3,7H2,1-2H3/t10-,13-/m0/s1. The highest BCUT2D eigenvalue weighted by Crippen LogP contribution is 2.49. The molecule has 0 radical (unpaired) electrons. The van der Waals surface area contributed by atoms with Gasteiger partial charge in [0.25, 0.3) is 0 Å². The predicted molar refractivity (Wildman–Crippen MR) is 57.0 cm³/mol. The van der Waals surface area contributed by atoms with Crippen molar-refractivity contribution in [2.45, 2.75) is 32.6 Å². The number of nitriles is 1. The van der Waals surface area contributed by atoms with Crippen molar-refractivity contribution in [3.05, 3.63) is 34.9 Å². The Kier molecular flexibility index (Phi) is 2.29. The third kappa shape index (κ3) is 1.53. The highest BCUT2D eigenvalue weighted by molar-refractivity contribution is 5.41. The summed E-state index contributed by atoms with van der Waals surface area (Å²) in [4.78, 5) is 0. The maximum atomic E-state index is 8.81. The zero-order valence-corrected chi connectivity index (χ0v) is 8.75. The summed E-state index contributed by atoms with van der Waals surface area (Å²) in [5.74, 6) is 1.66. The third-order valence-corrected chi connectivity index (χ3v) is 3.25. The molecule has 0 spiro atoms. The van der Waals surface area contributed by atoms with E-state index in [-0.39, 0.29) is 0 Å². The maximum Gasteiger partial charge on any atom is 0.0994 e. The number of rotatable bonds is 2. The molecule has 14 heavy (non-hydrogen) atoms. The first-order chi connectivity index (χ1) is 6.76. The van der Waals surface area contributed by atoms with Gasteiger partial charge in [-0.2, -0.15) is 5.26 Å². The van der Waals surface area contributed by atoms with Gasteiger partial charge in [-0.25, -0.2) is 0 Å². The molecule has 2 atom stereocenters. The fourth-order valence-electron chi connectivity index (χ4n) is 2.15. The van der Waals surface area contributed by atoms with Crippen LogP contribution < -0.4 is 0 Å². The summed E-state index contributed by atoms with van der Waals surface area (Å²) in [5, 5.41) is 8.81. The van der Waals surface area contributed by atoms with Crippen molar-refractivity contribution < 1.29 is 0 Å². The van der Waals surface area contributed by atoms with Gasteiger partial charge in [0, 0.05) is 0 Å². The molecule has 2 rings (SSSR count). The lowest BCUT2D eigenvalue weighted by Crippen LogP contribution is -1.87. The Morgan fingerprint density at radius 1 is 1.50 bits per heavy atom. The second-order valence-electron chi connectivity index (χ2n) is 4.20. The minimum atomic E-state index is 0.770. The molecule has 1 aromatic carbocycles. The molecule has 1 aromatic rings. The number of nitrogens with zero attached hydrogens (tertiary/aromatic N) is 1. The van der Waals surface area contributed by atoms with E-state index in [4.69, 9.17) is 5.26 Å². The number of hydrogen-bond acceptors (Lipinski definition) is 1. The molecule has 72 valence electrons. The zero-order chi connectivity index (χ0) is 10.1. The molecule has 1 heteroatoms. The molecule has 0 aromatic heterocycles. The van der Waals surface area contributed by atoms with E-state index in [2.05, 4.69) is 25.1 Å². The molecule has 1 aliphatic carbocycles. The van der Waals surface area contributed by atoms with Crippen LogP contribution in [0.3, 0.4) is 0 Å². The van der Waals surface area contributed by atoms with Gasteiger partial charge in [-0.3, -0.25) is 0 Å². The lowest BCUT2D eigenvalue weighted by molar-refractivity contribution is 0.766. The summed E-state index contributed by atoms with van der Waals surface area (Å²) in [5.41, 5.74) is 3.35. The van der Waals surface area contributed by atoms with Crippen LogP contribution in [-0.2, 0) is 0 Å². The molecule has 0 heterocycles. The molecule has 0 unspecified atom stereocenters. The molecule has 1 fully saturated rings. The SMILES string of the molecule is CC[C@H]1C[C@@H]1c1ccc(C#N)c(C)c1. The fourth-order valence-corrected chi connectivity index (χ4v) is 2.15. The molecule has 0 aliphatic heterocycles. The Balaban J connectivity index is 2.23. The van der Waals surface area contributed by atoms with Gasteiger partial charge in [-0.1, -0.05) is 25.5 Å². The normalized spacial score (nSPS) is 24.4. The number of benzene rings is 1. The van der Waals surface area contributed by atoms with Crippen molar-refractivity contribution in [3.63, 3.8) is 0 Å². The van der Waals surface area contributed by atoms with Crippen LogP contribution in [0.5, 0.6) is 0 Å². The van der Waals surface area contributed by atoms with Gasteiger partial charge < -0.3 is 0 Å². The van der Waals surface area contributed by atoms with E-state index in [1.165, 1.54) is 18.4 Å². The summed E-state index contributed by atoms with van der Waals surface area (Å²) in [7, 11) is 0. The number of hydrogen-bond donors (Lipinski definition) is 0. The van der Waals surface area contributed by atoms with Crippen LogP contribution in [0.15, 0.2) is 18.2 Å². The molecule has 1 aliphatic rings. The van der Waals surface area contributed by atoms with Crippen molar-refractivity contribution >= 4 is 0 Å². The summed E-state index contributed by atoms with van der Waals surface area (Å²) < 4.78 is 0.